The fourth-order valence-electron chi connectivity index (χ4n) is 3.00. The van der Waals surface area contributed by atoms with E-state index in [1.165, 1.54) is 12.1 Å². The van der Waals surface area contributed by atoms with Crippen molar-refractivity contribution in [1.82, 2.24) is 15.1 Å². The van der Waals surface area contributed by atoms with Gasteiger partial charge in [-0.15, -0.1) is 0 Å². The van der Waals surface area contributed by atoms with Gasteiger partial charge in [-0.1, -0.05) is 12.1 Å². The Morgan fingerprint density at radius 3 is 2.74 bits per heavy atom. The van der Waals surface area contributed by atoms with Gasteiger partial charge < -0.3 is 10.6 Å². The van der Waals surface area contributed by atoms with Crippen molar-refractivity contribution in [2.75, 3.05) is 12.3 Å². The van der Waals surface area contributed by atoms with Crippen LogP contribution in [-0.2, 0) is 0 Å². The van der Waals surface area contributed by atoms with Crippen LogP contribution in [0.2, 0.25) is 0 Å². The van der Waals surface area contributed by atoms with E-state index < -0.39 is 0 Å². The van der Waals surface area contributed by atoms with Gasteiger partial charge in [0.15, 0.2) is 5.82 Å². The number of amides is 1. The largest absolute Gasteiger partial charge is 0.382 e. The fraction of sp³-hybridized carbons (Fsp3) is 0.176. The van der Waals surface area contributed by atoms with Crippen molar-refractivity contribution in [3.8, 4) is 0 Å². The number of benzene rings is 2. The van der Waals surface area contributed by atoms with Gasteiger partial charge in [0.25, 0.3) is 5.91 Å². The molecule has 1 aromatic heterocycles. The van der Waals surface area contributed by atoms with Crippen LogP contribution in [0.1, 0.15) is 28.4 Å². The molecule has 1 atom stereocenters. The summed E-state index contributed by atoms with van der Waals surface area (Å²) in [5.41, 5.74) is 8.14. The quantitative estimate of drug-likeness (QED) is 0.764. The van der Waals surface area contributed by atoms with Crippen LogP contribution in [-0.4, -0.2) is 27.5 Å². The van der Waals surface area contributed by atoms with E-state index >= 15 is 0 Å². The minimum Gasteiger partial charge on any atom is -0.382 e. The van der Waals surface area contributed by atoms with Crippen molar-refractivity contribution in [1.29, 1.82) is 0 Å². The number of hydrogen-bond acceptors (Lipinski definition) is 3. The van der Waals surface area contributed by atoms with Crippen LogP contribution < -0.4 is 5.73 Å². The summed E-state index contributed by atoms with van der Waals surface area (Å²) in [5, 5.41) is 7.50. The number of aromatic nitrogens is 2. The Hall–Kier alpha value is -2.89. The maximum absolute atomic E-state index is 13.0. The first-order valence-corrected chi connectivity index (χ1v) is 7.43. The summed E-state index contributed by atoms with van der Waals surface area (Å²) in [4.78, 5) is 14.5. The number of nitrogens with one attached hydrogen (secondary N) is 1. The highest BCUT2D eigenvalue weighted by atomic mass is 19.1. The van der Waals surface area contributed by atoms with Crippen LogP contribution in [0.5, 0.6) is 0 Å². The summed E-state index contributed by atoms with van der Waals surface area (Å²) in [6.45, 7) is 0.694. The molecular weight excluding hydrogens is 295 g/mol. The van der Waals surface area contributed by atoms with E-state index in [4.69, 9.17) is 5.73 Å². The number of H-pyrrole nitrogens is 1. The Bertz CT molecular complexity index is 887. The number of rotatable bonds is 2. The first kappa shape index (κ1) is 13.8. The molecule has 2 heterocycles. The van der Waals surface area contributed by atoms with E-state index in [0.29, 0.717) is 17.9 Å². The highest BCUT2D eigenvalue weighted by molar-refractivity contribution is 6.00. The number of likely N-dealkylation sites (tertiary alicyclic amines) is 1. The molecule has 1 saturated heterocycles. The standard InChI is InChI=1S/C17H15FN4O/c18-12-4-1-10(2-5-12)15-7-8-22(15)17(23)11-3-6-14-13(9-11)16(19)21-20-14/h1-6,9,15H,7-8H2,(H3,19,20,21). The molecule has 23 heavy (non-hydrogen) atoms. The summed E-state index contributed by atoms with van der Waals surface area (Å²) in [5.74, 6) is 0.0632. The van der Waals surface area contributed by atoms with Gasteiger partial charge in [0.05, 0.1) is 11.6 Å². The number of anilines is 1. The Morgan fingerprint density at radius 1 is 1.26 bits per heavy atom. The molecular formula is C17H15FN4O. The van der Waals surface area contributed by atoms with Gasteiger partial charge in [-0.3, -0.25) is 9.89 Å². The molecule has 1 fully saturated rings. The maximum atomic E-state index is 13.0. The lowest BCUT2D eigenvalue weighted by molar-refractivity contribution is 0.0460. The average Bonchev–Trinajstić information content (AvgIpc) is 2.89. The third-order valence-electron chi connectivity index (χ3n) is 4.37. The second-order valence-electron chi connectivity index (χ2n) is 5.72. The molecule has 0 saturated carbocycles. The average molecular weight is 310 g/mol. The predicted molar refractivity (Wildman–Crippen MR) is 85.3 cm³/mol. The number of aromatic amines is 1. The third kappa shape index (κ3) is 2.23. The SMILES string of the molecule is Nc1n[nH]c2ccc(C(=O)N3CCC3c3ccc(F)cc3)cc12. The Balaban J connectivity index is 1.62. The number of nitrogen functional groups attached to an aromatic ring is 1. The second-order valence-corrected chi connectivity index (χ2v) is 5.72. The van der Waals surface area contributed by atoms with Gasteiger partial charge in [0.1, 0.15) is 5.82 Å². The van der Waals surface area contributed by atoms with Crippen LogP contribution in [0, 0.1) is 5.82 Å². The number of nitrogens with two attached hydrogens (primary N) is 1. The number of carbonyl (C=O) groups excluding carboxylic acids is 1. The molecule has 4 rings (SSSR count). The summed E-state index contributed by atoms with van der Waals surface area (Å²) >= 11 is 0. The molecule has 116 valence electrons. The summed E-state index contributed by atoms with van der Waals surface area (Å²) in [7, 11) is 0. The number of halogens is 1. The molecule has 1 amide bonds. The van der Waals surface area contributed by atoms with Crippen molar-refractivity contribution in [3.63, 3.8) is 0 Å². The van der Waals surface area contributed by atoms with Crippen LogP contribution in [0.4, 0.5) is 10.2 Å². The first-order valence-electron chi connectivity index (χ1n) is 7.43. The lowest BCUT2D eigenvalue weighted by Gasteiger charge is -2.41. The molecule has 0 radical (unpaired) electrons. The van der Waals surface area contributed by atoms with Crippen LogP contribution in [0.3, 0.4) is 0 Å². The molecule has 6 heteroatoms. The van der Waals surface area contributed by atoms with Crippen LogP contribution in [0.25, 0.3) is 10.9 Å². The van der Waals surface area contributed by atoms with Crippen LogP contribution in [0.15, 0.2) is 42.5 Å². The monoisotopic (exact) mass is 310 g/mol. The molecule has 0 bridgehead atoms. The number of nitrogens with zero attached hydrogens (tertiary/aromatic N) is 2. The molecule has 3 aromatic rings. The van der Waals surface area contributed by atoms with Gasteiger partial charge in [0, 0.05) is 17.5 Å². The summed E-state index contributed by atoms with van der Waals surface area (Å²) < 4.78 is 13.0. The van der Waals surface area contributed by atoms with E-state index in [2.05, 4.69) is 10.2 Å². The lowest BCUT2D eigenvalue weighted by atomic mass is 9.93. The molecule has 3 N–H and O–H groups in total. The number of carbonyl (C=O) groups is 1. The zero-order valence-corrected chi connectivity index (χ0v) is 12.3. The Kier molecular flexibility index (Phi) is 3.04. The zero-order chi connectivity index (χ0) is 16.0. The highest BCUT2D eigenvalue weighted by Crippen LogP contribution is 2.35. The molecule has 2 aromatic carbocycles. The molecule has 1 aliphatic rings. The van der Waals surface area contributed by atoms with Crippen molar-refractivity contribution >= 4 is 22.6 Å². The van der Waals surface area contributed by atoms with E-state index in [-0.39, 0.29) is 17.8 Å². The topological polar surface area (TPSA) is 75.0 Å². The van der Waals surface area contributed by atoms with E-state index in [1.807, 2.05) is 0 Å². The van der Waals surface area contributed by atoms with Gasteiger partial charge in [-0.05, 0) is 42.3 Å². The smallest absolute Gasteiger partial charge is 0.254 e. The van der Waals surface area contributed by atoms with Gasteiger partial charge in [-0.2, -0.15) is 5.10 Å². The Labute approximate surface area is 131 Å². The van der Waals surface area contributed by atoms with Crippen molar-refractivity contribution in [2.45, 2.75) is 12.5 Å². The summed E-state index contributed by atoms with van der Waals surface area (Å²) in [6.07, 6.45) is 0.882. The normalized spacial score (nSPS) is 17.3. The van der Waals surface area contributed by atoms with Gasteiger partial charge >= 0.3 is 0 Å². The lowest BCUT2D eigenvalue weighted by Crippen LogP contribution is -2.45. The molecule has 0 spiro atoms. The number of hydrogen-bond donors (Lipinski definition) is 2. The van der Waals surface area contributed by atoms with Crippen molar-refractivity contribution in [3.05, 3.63) is 59.4 Å². The van der Waals surface area contributed by atoms with Crippen LogP contribution >= 0.6 is 0 Å². The van der Waals surface area contributed by atoms with Crippen molar-refractivity contribution < 1.29 is 9.18 Å². The second kappa shape index (κ2) is 5.08. The molecule has 1 aliphatic heterocycles. The fourth-order valence-corrected chi connectivity index (χ4v) is 3.00. The van der Waals surface area contributed by atoms with E-state index in [9.17, 15) is 9.18 Å². The molecule has 5 nitrogen and oxygen atoms in total. The number of fused-ring (bicyclic) bond motifs is 1. The molecule has 0 aliphatic carbocycles. The summed E-state index contributed by atoms with van der Waals surface area (Å²) in [6, 6.07) is 11.6. The highest BCUT2D eigenvalue weighted by Gasteiger charge is 2.33. The van der Waals surface area contributed by atoms with E-state index in [0.717, 1.165) is 22.9 Å². The minimum absolute atomic E-state index is 0.000457. The van der Waals surface area contributed by atoms with Crippen molar-refractivity contribution in [2.24, 2.45) is 0 Å². The Morgan fingerprint density at radius 2 is 2.04 bits per heavy atom. The predicted octanol–water partition coefficient (Wildman–Crippen LogP) is 2.87. The first-order chi connectivity index (χ1) is 11.1. The van der Waals surface area contributed by atoms with Gasteiger partial charge in [-0.25, -0.2) is 4.39 Å². The molecule has 1 unspecified atom stereocenters. The third-order valence-corrected chi connectivity index (χ3v) is 4.37. The zero-order valence-electron chi connectivity index (χ0n) is 12.3. The minimum atomic E-state index is -0.271. The van der Waals surface area contributed by atoms with Gasteiger partial charge in [0.2, 0.25) is 0 Å². The maximum Gasteiger partial charge on any atom is 0.254 e. The van der Waals surface area contributed by atoms with E-state index in [1.54, 1.807) is 35.2 Å².